The predicted octanol–water partition coefficient (Wildman–Crippen LogP) is 2.74. The second kappa shape index (κ2) is 4.80. The van der Waals surface area contributed by atoms with Gasteiger partial charge in [0.05, 0.1) is 0 Å². The van der Waals surface area contributed by atoms with Crippen molar-refractivity contribution >= 4 is 0 Å². The van der Waals surface area contributed by atoms with Crippen LogP contribution in [0.5, 0.6) is 0 Å². The predicted molar refractivity (Wildman–Crippen MR) is 60.9 cm³/mol. The van der Waals surface area contributed by atoms with Crippen LogP contribution in [0.4, 0.5) is 0 Å². The molecule has 0 saturated heterocycles. The van der Waals surface area contributed by atoms with Gasteiger partial charge in [0.25, 0.3) is 0 Å². The van der Waals surface area contributed by atoms with Gasteiger partial charge < -0.3 is 10.2 Å². The minimum Gasteiger partial charge on any atom is -0.368 e. The second-order valence-corrected chi connectivity index (χ2v) is 5.29. The Balaban J connectivity index is 1.95. The van der Waals surface area contributed by atoms with Crippen LogP contribution in [0.25, 0.3) is 0 Å². The Bertz CT molecular complexity index is 228. The number of rotatable bonds is 2. The molecule has 16 heavy (non-hydrogen) atoms. The zero-order chi connectivity index (χ0) is 11.5. The van der Waals surface area contributed by atoms with Gasteiger partial charge in [-0.2, -0.15) is 10.2 Å². The van der Waals surface area contributed by atoms with E-state index in [0.717, 1.165) is 25.7 Å². The number of azo groups is 1. The van der Waals surface area contributed by atoms with Crippen LogP contribution in [0.2, 0.25) is 0 Å². The normalized spacial score (nSPS) is 29.4. The molecule has 0 atom stereocenters. The molecule has 0 amide bonds. The highest BCUT2D eigenvalue weighted by Crippen LogP contribution is 2.33. The molecule has 4 nitrogen and oxygen atoms in total. The van der Waals surface area contributed by atoms with E-state index in [1.807, 2.05) is 0 Å². The lowest BCUT2D eigenvalue weighted by atomic mass is 9.92. The summed E-state index contributed by atoms with van der Waals surface area (Å²) in [4.78, 5) is 0. The minimum absolute atomic E-state index is 0.687. The fraction of sp³-hybridized carbons (Fsp3) is 1.00. The molecule has 2 fully saturated rings. The molecule has 0 bridgehead atoms. The van der Waals surface area contributed by atoms with Crippen LogP contribution in [-0.4, -0.2) is 21.7 Å². The van der Waals surface area contributed by atoms with Crippen LogP contribution in [0.15, 0.2) is 10.2 Å². The highest BCUT2D eigenvalue weighted by molar-refractivity contribution is 4.82. The topological polar surface area (TPSA) is 65.2 Å². The standard InChI is InChI=1S/C12H22N2O2/c15-11(7-3-1-4-8-11)13-14-12(16)9-5-2-6-10-12/h15-16H,1-10H2/b14-13+. The quantitative estimate of drug-likeness (QED) is 0.711. The Kier molecular flexibility index (Phi) is 3.60. The molecule has 92 valence electrons. The zero-order valence-electron chi connectivity index (χ0n) is 9.86. The van der Waals surface area contributed by atoms with E-state index in [1.54, 1.807) is 0 Å². The fourth-order valence-electron chi connectivity index (χ4n) is 2.62. The number of aliphatic hydroxyl groups is 2. The SMILES string of the molecule is OC1(/N=N/C2(O)CCCCC2)CCCCC1. The van der Waals surface area contributed by atoms with Crippen LogP contribution in [-0.2, 0) is 0 Å². The Morgan fingerprint density at radius 2 is 0.875 bits per heavy atom. The van der Waals surface area contributed by atoms with Crippen LogP contribution in [0.1, 0.15) is 64.2 Å². The van der Waals surface area contributed by atoms with Crippen molar-refractivity contribution in [2.75, 3.05) is 0 Å². The first kappa shape index (κ1) is 12.0. The Labute approximate surface area is 96.8 Å². The third-order valence-electron chi connectivity index (χ3n) is 3.73. The Hall–Kier alpha value is -0.480. The van der Waals surface area contributed by atoms with Crippen molar-refractivity contribution in [2.45, 2.75) is 75.7 Å². The average Bonchev–Trinajstić information content (AvgIpc) is 2.29. The molecule has 0 aromatic carbocycles. The Morgan fingerprint density at radius 3 is 1.19 bits per heavy atom. The van der Waals surface area contributed by atoms with E-state index in [2.05, 4.69) is 10.2 Å². The number of hydrogen-bond donors (Lipinski definition) is 2. The van der Waals surface area contributed by atoms with Gasteiger partial charge in [-0.05, 0) is 51.4 Å². The zero-order valence-corrected chi connectivity index (χ0v) is 9.86. The number of hydrogen-bond acceptors (Lipinski definition) is 4. The highest BCUT2D eigenvalue weighted by atomic mass is 16.3. The van der Waals surface area contributed by atoms with Crippen LogP contribution >= 0.6 is 0 Å². The summed E-state index contributed by atoms with van der Waals surface area (Å²) >= 11 is 0. The third kappa shape index (κ3) is 3.01. The molecule has 0 aromatic heterocycles. The first-order chi connectivity index (χ1) is 7.62. The van der Waals surface area contributed by atoms with E-state index < -0.39 is 11.4 Å². The summed E-state index contributed by atoms with van der Waals surface area (Å²) < 4.78 is 0. The van der Waals surface area contributed by atoms with E-state index in [4.69, 9.17) is 0 Å². The molecule has 2 aliphatic rings. The summed E-state index contributed by atoms with van der Waals surface area (Å²) in [5, 5.41) is 28.4. The largest absolute Gasteiger partial charge is 0.368 e. The maximum Gasteiger partial charge on any atom is 0.176 e. The van der Waals surface area contributed by atoms with Crippen LogP contribution < -0.4 is 0 Å². The van der Waals surface area contributed by atoms with Gasteiger partial charge in [-0.25, -0.2) is 0 Å². The van der Waals surface area contributed by atoms with Gasteiger partial charge in [0.1, 0.15) is 0 Å². The van der Waals surface area contributed by atoms with E-state index >= 15 is 0 Å². The molecule has 0 aliphatic heterocycles. The van der Waals surface area contributed by atoms with Crippen molar-refractivity contribution in [1.82, 2.24) is 0 Å². The van der Waals surface area contributed by atoms with Crippen molar-refractivity contribution in [2.24, 2.45) is 10.2 Å². The van der Waals surface area contributed by atoms with Gasteiger partial charge in [-0.15, -0.1) is 0 Å². The minimum atomic E-state index is -0.995. The fourth-order valence-corrected chi connectivity index (χ4v) is 2.62. The maximum absolute atomic E-state index is 10.1. The lowest BCUT2D eigenvalue weighted by Crippen LogP contribution is -2.32. The first-order valence-electron chi connectivity index (χ1n) is 6.51. The monoisotopic (exact) mass is 226 g/mol. The van der Waals surface area contributed by atoms with Gasteiger partial charge in [-0.3, -0.25) is 0 Å². The lowest BCUT2D eigenvalue weighted by Gasteiger charge is -2.30. The Morgan fingerprint density at radius 1 is 0.562 bits per heavy atom. The number of nitrogens with zero attached hydrogens (tertiary/aromatic N) is 2. The highest BCUT2D eigenvalue weighted by Gasteiger charge is 2.33. The molecule has 4 heteroatoms. The second-order valence-electron chi connectivity index (χ2n) is 5.29. The molecule has 0 radical (unpaired) electrons. The molecule has 2 saturated carbocycles. The smallest absolute Gasteiger partial charge is 0.176 e. The average molecular weight is 226 g/mol. The van der Waals surface area contributed by atoms with E-state index in [0.29, 0.717) is 25.7 Å². The van der Waals surface area contributed by atoms with Gasteiger partial charge in [0, 0.05) is 0 Å². The molecule has 2 aliphatic carbocycles. The van der Waals surface area contributed by atoms with Crippen molar-refractivity contribution < 1.29 is 10.2 Å². The van der Waals surface area contributed by atoms with Gasteiger partial charge in [0.2, 0.25) is 0 Å². The molecule has 2 rings (SSSR count). The molecule has 2 N–H and O–H groups in total. The molecule has 0 spiro atoms. The van der Waals surface area contributed by atoms with Crippen molar-refractivity contribution in [3.05, 3.63) is 0 Å². The van der Waals surface area contributed by atoms with Gasteiger partial charge in [0.15, 0.2) is 11.4 Å². The van der Waals surface area contributed by atoms with Crippen molar-refractivity contribution in [3.63, 3.8) is 0 Å². The summed E-state index contributed by atoms with van der Waals surface area (Å²) in [6.07, 6.45) is 9.12. The molecule has 0 heterocycles. The third-order valence-corrected chi connectivity index (χ3v) is 3.73. The summed E-state index contributed by atoms with van der Waals surface area (Å²) in [5.41, 5.74) is -1.99. The first-order valence-corrected chi connectivity index (χ1v) is 6.51. The van der Waals surface area contributed by atoms with Crippen molar-refractivity contribution in [1.29, 1.82) is 0 Å². The molecular formula is C12H22N2O2. The van der Waals surface area contributed by atoms with Crippen molar-refractivity contribution in [3.8, 4) is 0 Å². The molecule has 0 aromatic rings. The van der Waals surface area contributed by atoms with E-state index in [-0.39, 0.29) is 0 Å². The summed E-state index contributed by atoms with van der Waals surface area (Å²) in [7, 11) is 0. The summed E-state index contributed by atoms with van der Waals surface area (Å²) in [6.45, 7) is 0. The van der Waals surface area contributed by atoms with Gasteiger partial charge in [-0.1, -0.05) is 12.8 Å². The van der Waals surface area contributed by atoms with E-state index in [9.17, 15) is 10.2 Å². The maximum atomic E-state index is 10.1. The summed E-state index contributed by atoms with van der Waals surface area (Å²) in [6, 6.07) is 0. The van der Waals surface area contributed by atoms with Crippen LogP contribution in [0.3, 0.4) is 0 Å². The van der Waals surface area contributed by atoms with Gasteiger partial charge >= 0.3 is 0 Å². The molecular weight excluding hydrogens is 204 g/mol. The summed E-state index contributed by atoms with van der Waals surface area (Å²) in [5.74, 6) is 0. The lowest BCUT2D eigenvalue weighted by molar-refractivity contribution is -0.0297. The molecule has 0 unspecified atom stereocenters. The van der Waals surface area contributed by atoms with E-state index in [1.165, 1.54) is 12.8 Å². The van der Waals surface area contributed by atoms with Crippen LogP contribution in [0, 0.1) is 0 Å².